The molecule has 4 heterocycles. The van der Waals surface area contributed by atoms with Gasteiger partial charge in [0.1, 0.15) is 17.2 Å². The Kier molecular flexibility index (Phi) is 49.5. The maximum absolute atomic E-state index is 15.2. The minimum Gasteiger partial charge on any atom is -0.455 e. The predicted octanol–water partition coefficient (Wildman–Crippen LogP) is 16.9. The highest BCUT2D eigenvalue weighted by atomic mass is 32.2. The van der Waals surface area contributed by atoms with Crippen LogP contribution in [0.1, 0.15) is 183 Å². The molecule has 1 aliphatic heterocycles. The molecule has 120 heavy (non-hydrogen) atoms. The van der Waals surface area contributed by atoms with Gasteiger partial charge in [-0.05, 0) is 170 Å². The van der Waals surface area contributed by atoms with Crippen LogP contribution in [0.15, 0.2) is 75.0 Å². The zero-order chi connectivity index (χ0) is 87.9. The first-order valence-corrected chi connectivity index (χ1v) is 58.1. The van der Waals surface area contributed by atoms with Crippen LogP contribution in [0.3, 0.4) is 0 Å². The lowest BCUT2D eigenvalue weighted by Gasteiger charge is -2.39. The third kappa shape index (κ3) is 42.6. The molecule has 1 aliphatic rings. The van der Waals surface area contributed by atoms with Crippen molar-refractivity contribution in [2.24, 2.45) is 33.9 Å². The summed E-state index contributed by atoms with van der Waals surface area (Å²) < 4.78 is 58.8. The number of carbonyl (C=O) groups is 6. The summed E-state index contributed by atoms with van der Waals surface area (Å²) >= 11 is 4.56. The minimum atomic E-state index is -2.17. The first kappa shape index (κ1) is 105. The number of esters is 2. The molecule has 670 valence electrons. The van der Waals surface area contributed by atoms with E-state index < -0.39 is 63.2 Å². The molecule has 37 heteroatoms. The van der Waals surface area contributed by atoms with E-state index in [9.17, 15) is 24.0 Å². The van der Waals surface area contributed by atoms with Gasteiger partial charge in [-0.25, -0.2) is 24.9 Å². The van der Waals surface area contributed by atoms with Gasteiger partial charge in [-0.1, -0.05) is 120 Å². The van der Waals surface area contributed by atoms with Crippen LogP contribution in [0.25, 0.3) is 20.9 Å². The average molecular weight is 1800 g/mol. The summed E-state index contributed by atoms with van der Waals surface area (Å²) in [6.07, 6.45) is 16.3. The van der Waals surface area contributed by atoms with Crippen molar-refractivity contribution in [1.82, 2.24) is 40.0 Å². The average Bonchev–Trinajstić information content (AvgIpc) is 1.35. The van der Waals surface area contributed by atoms with Crippen LogP contribution >= 0.6 is 34.9 Å². The number of benzene rings is 1. The number of hydrogen-bond donors (Lipinski definition) is 1. The van der Waals surface area contributed by atoms with Crippen molar-refractivity contribution in [1.29, 1.82) is 0 Å². The van der Waals surface area contributed by atoms with E-state index in [4.69, 9.17) is 62.2 Å². The van der Waals surface area contributed by atoms with Gasteiger partial charge in [0.25, 0.3) is 5.91 Å². The maximum Gasteiger partial charge on any atom is 0.311 e. The Morgan fingerprint density at radius 2 is 1.16 bits per heavy atom. The van der Waals surface area contributed by atoms with E-state index in [0.29, 0.717) is 158 Å². The molecule has 0 radical (unpaired) electrons. The lowest BCUT2D eigenvalue weighted by molar-refractivity contribution is -0.160. The van der Waals surface area contributed by atoms with Crippen molar-refractivity contribution in [2.45, 2.75) is 263 Å². The first-order chi connectivity index (χ1) is 57.2. The van der Waals surface area contributed by atoms with E-state index in [1.165, 1.54) is 11.3 Å². The number of rotatable bonds is 65. The fraction of sp³-hybridized carbons (Fsp3) is 0.723. The maximum atomic E-state index is 15.2. The molecule has 7 atom stereocenters. The van der Waals surface area contributed by atoms with Crippen molar-refractivity contribution >= 4 is 103 Å². The Labute approximate surface area is 729 Å². The summed E-state index contributed by atoms with van der Waals surface area (Å²) in [5.41, 5.74) is 19.5. The van der Waals surface area contributed by atoms with Gasteiger partial charge in [-0.2, -0.15) is 0 Å². The zero-order valence-electron chi connectivity index (χ0n) is 74.3. The molecule has 3 aromatic heterocycles. The monoisotopic (exact) mass is 1790 g/mol. The fourth-order valence-corrected chi connectivity index (χ4v) is 35.9. The first-order valence-electron chi connectivity index (χ1n) is 42.8. The number of likely N-dealkylation sites (tertiary alicyclic amines) is 1. The van der Waals surface area contributed by atoms with Crippen LogP contribution in [0.5, 0.6) is 5.75 Å². The summed E-state index contributed by atoms with van der Waals surface area (Å²) in [6.45, 7) is 37.8. The number of hydrogen-bond acceptors (Lipinski definition) is 27. The van der Waals surface area contributed by atoms with Gasteiger partial charge in [-0.15, -0.1) is 11.3 Å². The highest BCUT2D eigenvalue weighted by Crippen LogP contribution is 2.35. The SMILES string of the molecule is CCCC(=O)OCN(C(=O)[C@H](CC(=O)[C@@H]1CCCCN1C)C(C)CC)[C@@H](C[C@H](C)c1nc(C(=O)N[C@H](Cc2ccc(OC(=O)CCCC[Si](C)(C)O[Si](C)(C)CSc3ncc(COCCOCCOCCN=[N+]=[N-])cn3)cc2)C[C@@H](C)C(=O)CCCC[Si](C)(C)O[Si](C)(C)CSc2ncc(COCCOCCOCCN=[N+]=[N-])cn2)cs1)C(C)C. The molecule has 1 aromatic carbocycles. The largest absolute Gasteiger partial charge is 0.455 e. The molecule has 0 aliphatic carbocycles. The summed E-state index contributed by atoms with van der Waals surface area (Å²) in [5.74, 6) is -2.15. The lowest BCUT2D eigenvalue weighted by Crippen LogP contribution is -2.50. The van der Waals surface area contributed by atoms with E-state index in [1.807, 2.05) is 67.6 Å². The second kappa shape index (κ2) is 56.8. The van der Waals surface area contributed by atoms with Crippen molar-refractivity contribution in [2.75, 3.05) is 110 Å². The summed E-state index contributed by atoms with van der Waals surface area (Å²) in [4.78, 5) is 117. The normalized spacial score (nSPS) is 15.1. The van der Waals surface area contributed by atoms with Gasteiger partial charge in [0.05, 0.1) is 90.3 Å². The highest BCUT2D eigenvalue weighted by molar-refractivity contribution is 8.01. The number of amides is 2. The number of Topliss-reactive ketones (excluding diaryl/α,β-unsaturated/α-hetero) is 2. The van der Waals surface area contributed by atoms with Gasteiger partial charge in [0.15, 0.2) is 56.1 Å². The molecule has 30 nitrogen and oxygen atoms in total. The summed E-state index contributed by atoms with van der Waals surface area (Å²) in [6, 6.07) is 7.97. The molecular weight excluding hydrogens is 1660 g/mol. The molecular formula is C83H138N14O16S3Si4. The second-order valence-corrected chi connectivity index (χ2v) is 55.1. The molecule has 1 unspecified atom stereocenters. The number of nitrogens with zero attached hydrogens (tertiary/aromatic N) is 13. The fourth-order valence-electron chi connectivity index (χ4n) is 14.2. The van der Waals surface area contributed by atoms with Crippen LogP contribution in [0.2, 0.25) is 64.5 Å². The third-order valence-corrected chi connectivity index (χ3v) is 41.4. The third-order valence-electron chi connectivity index (χ3n) is 20.7. The molecule has 2 amide bonds. The summed E-state index contributed by atoms with van der Waals surface area (Å²) in [5, 5.41) is 15.5. The molecule has 1 N–H and O–H groups in total. The highest BCUT2D eigenvalue weighted by Gasteiger charge is 2.40. The minimum absolute atomic E-state index is 0.0652. The summed E-state index contributed by atoms with van der Waals surface area (Å²) in [7, 11) is -6.56. The number of thiazole rings is 1. The predicted molar refractivity (Wildman–Crippen MR) is 481 cm³/mol. The number of ketones is 2. The Hall–Kier alpha value is -5.94. The number of likely N-dealkylation sites (N-methyl/N-ethyl adjacent to an activating group) is 1. The second-order valence-electron chi connectivity index (χ2n) is 33.9. The number of ether oxygens (including phenoxy) is 8. The topological polar surface area (TPSA) is 375 Å². The van der Waals surface area contributed by atoms with Crippen LogP contribution in [-0.4, -0.2) is 232 Å². The van der Waals surface area contributed by atoms with Gasteiger partial charge >= 0.3 is 11.9 Å². The van der Waals surface area contributed by atoms with E-state index in [1.54, 1.807) is 70.7 Å². The van der Waals surface area contributed by atoms with Crippen LogP contribution in [0.4, 0.5) is 0 Å². The molecule has 0 bridgehead atoms. The Balaban J connectivity index is 1.19. The van der Waals surface area contributed by atoms with E-state index in [-0.39, 0.29) is 91.4 Å². The van der Waals surface area contributed by atoms with Crippen LogP contribution in [0, 0.1) is 23.7 Å². The Morgan fingerprint density at radius 3 is 1.66 bits per heavy atom. The number of nitrogens with one attached hydrogen (secondary N) is 1. The Morgan fingerprint density at radius 1 is 0.642 bits per heavy atom. The number of piperidine rings is 1. The van der Waals surface area contributed by atoms with Crippen molar-refractivity contribution < 1.29 is 74.9 Å². The van der Waals surface area contributed by atoms with Crippen molar-refractivity contribution in [3.63, 3.8) is 0 Å². The van der Waals surface area contributed by atoms with Crippen LogP contribution < -0.4 is 10.1 Å². The number of carbonyl (C=O) groups excluding carboxylic acids is 6. The Bertz CT molecular complexity index is 3780. The molecule has 0 saturated carbocycles. The van der Waals surface area contributed by atoms with E-state index in [2.05, 4.69) is 103 Å². The number of thioether (sulfide) groups is 2. The van der Waals surface area contributed by atoms with Crippen LogP contribution in [-0.2, 0) is 85.0 Å². The molecule has 5 rings (SSSR count). The molecule has 0 spiro atoms. The molecule has 1 saturated heterocycles. The number of unbranched alkanes of at least 4 members (excludes halogenated alkanes) is 2. The van der Waals surface area contributed by atoms with Gasteiger partial charge < -0.3 is 56.3 Å². The van der Waals surface area contributed by atoms with E-state index >= 15 is 4.79 Å². The smallest absolute Gasteiger partial charge is 0.311 e. The quantitative estimate of drug-likeness (QED) is 0.00410. The standard InChI is InChI=1S/C83H138N14O16S3Si4/c1-17-25-77(100)110-59-97(81(103)71(63(5)18-2)51-76(99)73-26-19-22-35-96(73)8)74(62(3)4)49-65(7)80-93-72(58-114-80)79(102)92-69(48-64(6)75(98)27-20-23-46-117(9,10)112-119(13,14)60-115-82-86-52-67(53-87-82)56-108-44-42-106-40-38-104-36-33-90-94-84)50-66-29-31-70(32-30-66)111-78(101)28-21-24-47-118(11,12)113-120(15,16)61-116-83-88-54-68(55-89-83)57-109-45-43-107-41-39-105-37-34-91-95-85/h29-32,52-55,58,62-65,69,71,73-74H,17-28,33-51,56-57,59-61H2,1-16H3,(H,92,102)/t63?,64-,65+,69+,71-,73+,74+/m1/s1. The molecule has 4 aromatic rings. The number of azide groups is 2. The van der Waals surface area contributed by atoms with Gasteiger partial charge in [-0.3, -0.25) is 33.7 Å². The van der Waals surface area contributed by atoms with Crippen molar-refractivity contribution in [3.8, 4) is 5.75 Å². The van der Waals surface area contributed by atoms with Gasteiger partial charge in [0.2, 0.25) is 5.91 Å². The van der Waals surface area contributed by atoms with Crippen molar-refractivity contribution in [3.05, 3.63) is 103 Å². The zero-order valence-corrected chi connectivity index (χ0v) is 80.8. The van der Waals surface area contributed by atoms with E-state index in [0.717, 1.165) is 78.2 Å². The van der Waals surface area contributed by atoms with Gasteiger partial charge in [0, 0.05) is 130 Å². The lowest BCUT2D eigenvalue weighted by atomic mass is 9.82. The number of aromatic nitrogens is 5. The molecule has 1 fully saturated rings.